The van der Waals surface area contributed by atoms with Gasteiger partial charge in [0.05, 0.1) is 18.4 Å². The van der Waals surface area contributed by atoms with Gasteiger partial charge in [-0.3, -0.25) is 9.36 Å². The summed E-state index contributed by atoms with van der Waals surface area (Å²) in [4.78, 5) is 17.8. The molecule has 164 valence electrons. The van der Waals surface area contributed by atoms with Crippen LogP contribution in [0.1, 0.15) is 12.8 Å². The van der Waals surface area contributed by atoms with Crippen molar-refractivity contribution >= 4 is 34.3 Å². The van der Waals surface area contributed by atoms with E-state index in [2.05, 4.69) is 25.8 Å². The molecular weight excluding hydrogens is 422 g/mol. The number of fused-ring (bicyclic) bond motifs is 1. The Labute approximate surface area is 190 Å². The summed E-state index contributed by atoms with van der Waals surface area (Å²) in [5.41, 5.74) is 2.94. The standard InChI is InChI=1S/C24H25N5O2S/c1-28(17-8-3-2-4-9-17)22(30)16-32-24-27-26-23(29(24)15-18-10-7-13-31-18)20-14-25-21-12-6-5-11-19(20)21/h2-6,8-9,11-12,14,18,25H,7,10,13,15-16H2,1H3. The fourth-order valence-corrected chi connectivity index (χ4v) is 4.89. The first-order chi connectivity index (χ1) is 15.7. The van der Waals surface area contributed by atoms with Gasteiger partial charge in [-0.2, -0.15) is 0 Å². The highest BCUT2D eigenvalue weighted by molar-refractivity contribution is 7.99. The molecule has 2 aromatic heterocycles. The van der Waals surface area contributed by atoms with E-state index in [0.717, 1.165) is 52.6 Å². The molecule has 5 rings (SSSR count). The number of H-pyrrole nitrogens is 1. The van der Waals surface area contributed by atoms with Gasteiger partial charge in [0.1, 0.15) is 0 Å². The van der Waals surface area contributed by atoms with Crippen LogP contribution < -0.4 is 4.90 Å². The SMILES string of the molecule is CN(C(=O)CSc1nnc(-c2c[nH]c3ccccc23)n1CC1CCCO1)c1ccccc1. The molecule has 1 amide bonds. The highest BCUT2D eigenvalue weighted by Gasteiger charge is 2.24. The Bertz CT molecular complexity index is 1210. The van der Waals surface area contributed by atoms with Gasteiger partial charge < -0.3 is 14.6 Å². The van der Waals surface area contributed by atoms with Crippen LogP contribution in [-0.4, -0.2) is 51.2 Å². The van der Waals surface area contributed by atoms with Crippen LogP contribution in [0.2, 0.25) is 0 Å². The van der Waals surface area contributed by atoms with Crippen molar-refractivity contribution in [3.8, 4) is 11.4 Å². The average Bonchev–Trinajstić information content (AvgIpc) is 3.58. The monoisotopic (exact) mass is 447 g/mol. The lowest BCUT2D eigenvalue weighted by Crippen LogP contribution is -2.28. The van der Waals surface area contributed by atoms with Crippen LogP contribution in [0.3, 0.4) is 0 Å². The smallest absolute Gasteiger partial charge is 0.237 e. The molecule has 1 aliphatic heterocycles. The number of carbonyl (C=O) groups excluding carboxylic acids is 1. The van der Waals surface area contributed by atoms with E-state index in [9.17, 15) is 4.79 Å². The first kappa shape index (κ1) is 20.8. The maximum Gasteiger partial charge on any atom is 0.237 e. The van der Waals surface area contributed by atoms with Crippen LogP contribution in [0, 0.1) is 0 Å². The maximum absolute atomic E-state index is 12.8. The Morgan fingerprint density at radius 3 is 2.81 bits per heavy atom. The lowest BCUT2D eigenvalue weighted by atomic mass is 10.1. The average molecular weight is 448 g/mol. The zero-order chi connectivity index (χ0) is 21.9. The number of anilines is 1. The molecule has 1 atom stereocenters. The fourth-order valence-electron chi connectivity index (χ4n) is 4.03. The largest absolute Gasteiger partial charge is 0.376 e. The number of hydrogen-bond donors (Lipinski definition) is 1. The van der Waals surface area contributed by atoms with Gasteiger partial charge in [0.15, 0.2) is 11.0 Å². The lowest BCUT2D eigenvalue weighted by molar-refractivity contribution is -0.115. The van der Waals surface area contributed by atoms with Crippen molar-refractivity contribution < 1.29 is 9.53 Å². The molecule has 8 heteroatoms. The molecule has 0 spiro atoms. The number of aromatic amines is 1. The molecule has 3 heterocycles. The Morgan fingerprint density at radius 1 is 1.19 bits per heavy atom. The molecule has 0 radical (unpaired) electrons. The normalized spacial score (nSPS) is 16.0. The molecule has 2 aromatic carbocycles. The molecule has 32 heavy (non-hydrogen) atoms. The topological polar surface area (TPSA) is 76.0 Å². The maximum atomic E-state index is 12.8. The first-order valence-corrected chi connectivity index (χ1v) is 11.7. The molecule has 1 fully saturated rings. The predicted octanol–water partition coefficient (Wildman–Crippen LogP) is 4.36. The van der Waals surface area contributed by atoms with Gasteiger partial charge in [0.2, 0.25) is 5.91 Å². The summed E-state index contributed by atoms with van der Waals surface area (Å²) in [5, 5.41) is 10.8. The molecule has 0 aliphatic carbocycles. The van der Waals surface area contributed by atoms with Crippen molar-refractivity contribution in [1.82, 2.24) is 19.7 Å². The van der Waals surface area contributed by atoms with Crippen molar-refractivity contribution in [3.05, 3.63) is 60.8 Å². The summed E-state index contributed by atoms with van der Waals surface area (Å²) in [6.07, 6.45) is 4.20. The van der Waals surface area contributed by atoms with Gasteiger partial charge in [-0.25, -0.2) is 0 Å². The minimum Gasteiger partial charge on any atom is -0.376 e. The second-order valence-corrected chi connectivity index (χ2v) is 8.82. The van der Waals surface area contributed by atoms with Crippen LogP contribution >= 0.6 is 11.8 Å². The quantitative estimate of drug-likeness (QED) is 0.426. The minimum absolute atomic E-state index is 0.0153. The number of amides is 1. The second kappa shape index (κ2) is 9.18. The van der Waals surface area contributed by atoms with Gasteiger partial charge in [-0.05, 0) is 31.0 Å². The molecule has 1 saturated heterocycles. The number of aromatic nitrogens is 4. The van der Waals surface area contributed by atoms with Gasteiger partial charge in [-0.15, -0.1) is 10.2 Å². The van der Waals surface area contributed by atoms with E-state index in [1.165, 1.54) is 11.8 Å². The van der Waals surface area contributed by atoms with E-state index in [0.29, 0.717) is 6.54 Å². The zero-order valence-electron chi connectivity index (χ0n) is 17.9. The number of benzene rings is 2. The number of ether oxygens (including phenoxy) is 1. The van der Waals surface area contributed by atoms with Gasteiger partial charge >= 0.3 is 0 Å². The molecule has 1 N–H and O–H groups in total. The molecule has 0 saturated carbocycles. The second-order valence-electron chi connectivity index (χ2n) is 7.88. The van der Waals surface area contributed by atoms with Crippen molar-refractivity contribution in [1.29, 1.82) is 0 Å². The van der Waals surface area contributed by atoms with Crippen molar-refractivity contribution in [3.63, 3.8) is 0 Å². The zero-order valence-corrected chi connectivity index (χ0v) is 18.7. The van der Waals surface area contributed by atoms with Crippen molar-refractivity contribution in [2.45, 2.75) is 30.6 Å². The molecule has 4 aromatic rings. The molecular formula is C24H25N5O2S. The number of hydrogen-bond acceptors (Lipinski definition) is 5. The van der Waals surface area contributed by atoms with Crippen LogP contribution in [0.25, 0.3) is 22.3 Å². The lowest BCUT2D eigenvalue weighted by Gasteiger charge is -2.17. The molecule has 7 nitrogen and oxygen atoms in total. The summed E-state index contributed by atoms with van der Waals surface area (Å²) in [6.45, 7) is 1.46. The van der Waals surface area contributed by atoms with E-state index in [-0.39, 0.29) is 17.8 Å². The number of nitrogens with zero attached hydrogens (tertiary/aromatic N) is 4. The first-order valence-electron chi connectivity index (χ1n) is 10.8. The van der Waals surface area contributed by atoms with E-state index in [1.807, 2.05) is 54.7 Å². The van der Waals surface area contributed by atoms with E-state index >= 15 is 0 Å². The summed E-state index contributed by atoms with van der Waals surface area (Å²) >= 11 is 1.42. The number of carbonyl (C=O) groups is 1. The highest BCUT2D eigenvalue weighted by Crippen LogP contribution is 2.31. The van der Waals surface area contributed by atoms with E-state index in [4.69, 9.17) is 4.74 Å². The van der Waals surface area contributed by atoms with Crippen LogP contribution in [0.15, 0.2) is 66.0 Å². The summed E-state index contributed by atoms with van der Waals surface area (Å²) < 4.78 is 8.00. The van der Waals surface area contributed by atoms with Crippen LogP contribution in [0.5, 0.6) is 0 Å². The van der Waals surface area contributed by atoms with Crippen LogP contribution in [-0.2, 0) is 16.1 Å². The molecule has 0 bridgehead atoms. The van der Waals surface area contributed by atoms with Gasteiger partial charge in [0.25, 0.3) is 0 Å². The third-order valence-corrected chi connectivity index (χ3v) is 6.75. The number of rotatable bonds is 7. The minimum atomic E-state index is 0.0153. The summed E-state index contributed by atoms with van der Waals surface area (Å²) in [5.74, 6) is 1.09. The molecule has 1 aliphatic rings. The Kier molecular flexibility index (Phi) is 5.96. The Balaban J connectivity index is 1.41. The van der Waals surface area contributed by atoms with Crippen LogP contribution in [0.4, 0.5) is 5.69 Å². The summed E-state index contributed by atoms with van der Waals surface area (Å²) in [6, 6.07) is 17.8. The summed E-state index contributed by atoms with van der Waals surface area (Å²) in [7, 11) is 1.80. The Morgan fingerprint density at radius 2 is 2.00 bits per heavy atom. The third kappa shape index (κ3) is 4.16. The van der Waals surface area contributed by atoms with E-state index < -0.39 is 0 Å². The Hall–Kier alpha value is -3.10. The van der Waals surface area contributed by atoms with Crippen molar-refractivity contribution in [2.24, 2.45) is 0 Å². The third-order valence-electron chi connectivity index (χ3n) is 5.80. The molecule has 1 unspecified atom stereocenters. The van der Waals surface area contributed by atoms with E-state index in [1.54, 1.807) is 11.9 Å². The van der Waals surface area contributed by atoms with Crippen molar-refractivity contribution in [2.75, 3.05) is 24.3 Å². The van der Waals surface area contributed by atoms with Gasteiger partial charge in [-0.1, -0.05) is 48.2 Å². The number of para-hydroxylation sites is 2. The fraction of sp³-hybridized carbons (Fsp3) is 0.292. The number of nitrogens with one attached hydrogen (secondary N) is 1. The predicted molar refractivity (Wildman–Crippen MR) is 127 cm³/mol. The number of thioether (sulfide) groups is 1. The van der Waals surface area contributed by atoms with Gasteiger partial charge in [0, 0.05) is 42.0 Å². The highest BCUT2D eigenvalue weighted by atomic mass is 32.2.